The van der Waals surface area contributed by atoms with Crippen LogP contribution < -0.4 is 0 Å². The molecular weight excluding hydrogens is 220 g/mol. The molecule has 0 amide bonds. The predicted octanol–water partition coefficient (Wildman–Crippen LogP) is 2.38. The van der Waals surface area contributed by atoms with Gasteiger partial charge in [-0.05, 0) is 22.4 Å². The number of imidazole rings is 2. The van der Waals surface area contributed by atoms with Crippen LogP contribution in [-0.2, 0) is 6.54 Å². The Bertz CT molecular complexity index is 551. The van der Waals surface area contributed by atoms with Crippen LogP contribution in [0.5, 0.6) is 0 Å². The second kappa shape index (κ2) is 3.94. The smallest absolute Gasteiger partial charge is 0.158 e. The minimum absolute atomic E-state index is 0.845. The van der Waals surface area contributed by atoms with Gasteiger partial charge in [-0.15, -0.1) is 0 Å². The minimum atomic E-state index is 0.845. The largest absolute Gasteiger partial charge is 0.342 e. The van der Waals surface area contributed by atoms with Gasteiger partial charge in [0.2, 0.25) is 0 Å². The van der Waals surface area contributed by atoms with Crippen molar-refractivity contribution in [2.45, 2.75) is 6.54 Å². The molecule has 0 saturated carbocycles. The first-order valence-electron chi connectivity index (χ1n) is 4.94. The van der Waals surface area contributed by atoms with Crippen molar-refractivity contribution in [2.24, 2.45) is 0 Å². The Morgan fingerprint density at radius 1 is 1.44 bits per heavy atom. The highest BCUT2D eigenvalue weighted by Gasteiger charge is 2.07. The lowest BCUT2D eigenvalue weighted by Crippen LogP contribution is -2.00. The SMILES string of the molecule is c1cn(Cc2ccsc2)c(-c2cnc[nH]2)n1. The molecule has 5 heteroatoms. The van der Waals surface area contributed by atoms with Crippen LogP contribution in [0.2, 0.25) is 0 Å². The first kappa shape index (κ1) is 9.35. The Hall–Kier alpha value is -1.88. The van der Waals surface area contributed by atoms with E-state index in [1.807, 2.05) is 12.4 Å². The van der Waals surface area contributed by atoms with Crippen molar-refractivity contribution in [2.75, 3.05) is 0 Å². The molecule has 0 spiro atoms. The normalized spacial score (nSPS) is 10.8. The second-order valence-electron chi connectivity index (χ2n) is 3.48. The van der Waals surface area contributed by atoms with Crippen LogP contribution in [0.3, 0.4) is 0 Å². The number of nitrogens with zero attached hydrogens (tertiary/aromatic N) is 3. The lowest BCUT2D eigenvalue weighted by molar-refractivity contribution is 0.807. The van der Waals surface area contributed by atoms with Crippen LogP contribution in [0.25, 0.3) is 11.5 Å². The van der Waals surface area contributed by atoms with E-state index in [9.17, 15) is 0 Å². The highest BCUT2D eigenvalue weighted by atomic mass is 32.1. The molecule has 4 nitrogen and oxygen atoms in total. The molecule has 0 aliphatic heterocycles. The van der Waals surface area contributed by atoms with E-state index in [-0.39, 0.29) is 0 Å². The highest BCUT2D eigenvalue weighted by Crippen LogP contribution is 2.16. The maximum Gasteiger partial charge on any atom is 0.158 e. The minimum Gasteiger partial charge on any atom is -0.342 e. The van der Waals surface area contributed by atoms with Gasteiger partial charge in [-0.1, -0.05) is 0 Å². The van der Waals surface area contributed by atoms with Crippen molar-refractivity contribution in [1.29, 1.82) is 0 Å². The van der Waals surface area contributed by atoms with E-state index in [0.717, 1.165) is 18.1 Å². The number of hydrogen-bond donors (Lipinski definition) is 1. The van der Waals surface area contributed by atoms with Crippen LogP contribution in [0, 0.1) is 0 Å². The molecule has 0 aromatic carbocycles. The molecule has 0 aliphatic carbocycles. The molecule has 3 heterocycles. The maximum atomic E-state index is 4.33. The molecule has 0 atom stereocenters. The fraction of sp³-hybridized carbons (Fsp3) is 0.0909. The van der Waals surface area contributed by atoms with Gasteiger partial charge < -0.3 is 9.55 Å². The lowest BCUT2D eigenvalue weighted by Gasteiger charge is -2.04. The molecule has 80 valence electrons. The number of nitrogens with one attached hydrogen (secondary N) is 1. The summed E-state index contributed by atoms with van der Waals surface area (Å²) in [6.07, 6.45) is 7.24. The molecule has 0 saturated heterocycles. The molecule has 0 unspecified atom stereocenters. The second-order valence-corrected chi connectivity index (χ2v) is 4.26. The van der Waals surface area contributed by atoms with E-state index in [1.54, 1.807) is 23.9 Å². The van der Waals surface area contributed by atoms with Crippen LogP contribution in [-0.4, -0.2) is 19.5 Å². The Morgan fingerprint density at radius 2 is 2.44 bits per heavy atom. The lowest BCUT2D eigenvalue weighted by atomic mass is 10.3. The molecule has 3 aromatic heterocycles. The van der Waals surface area contributed by atoms with E-state index < -0.39 is 0 Å². The number of H-pyrrole nitrogens is 1. The number of aromatic amines is 1. The zero-order valence-corrected chi connectivity index (χ0v) is 9.31. The van der Waals surface area contributed by atoms with Gasteiger partial charge in [0.05, 0.1) is 12.5 Å². The summed E-state index contributed by atoms with van der Waals surface area (Å²) >= 11 is 1.71. The summed E-state index contributed by atoms with van der Waals surface area (Å²) in [5.41, 5.74) is 2.24. The van der Waals surface area contributed by atoms with Crippen molar-refractivity contribution in [1.82, 2.24) is 19.5 Å². The molecule has 0 radical (unpaired) electrons. The summed E-state index contributed by atoms with van der Waals surface area (Å²) in [6.45, 7) is 0.845. The number of hydrogen-bond acceptors (Lipinski definition) is 3. The molecule has 16 heavy (non-hydrogen) atoms. The third-order valence-electron chi connectivity index (χ3n) is 2.39. The van der Waals surface area contributed by atoms with E-state index in [4.69, 9.17) is 0 Å². The average Bonchev–Trinajstić information content (AvgIpc) is 2.98. The molecule has 3 aromatic rings. The summed E-state index contributed by atoms with van der Waals surface area (Å²) in [7, 11) is 0. The van der Waals surface area contributed by atoms with Crippen molar-refractivity contribution in [3.8, 4) is 11.5 Å². The van der Waals surface area contributed by atoms with Crippen molar-refractivity contribution in [3.05, 3.63) is 47.3 Å². The van der Waals surface area contributed by atoms with Gasteiger partial charge in [0, 0.05) is 18.9 Å². The van der Waals surface area contributed by atoms with Gasteiger partial charge in [0.15, 0.2) is 5.82 Å². The van der Waals surface area contributed by atoms with Gasteiger partial charge in [-0.2, -0.15) is 11.3 Å². The van der Waals surface area contributed by atoms with Gasteiger partial charge in [-0.25, -0.2) is 9.97 Å². The Labute approximate surface area is 96.6 Å². The van der Waals surface area contributed by atoms with E-state index >= 15 is 0 Å². The van der Waals surface area contributed by atoms with E-state index in [0.29, 0.717) is 0 Å². The van der Waals surface area contributed by atoms with Crippen molar-refractivity contribution >= 4 is 11.3 Å². The highest BCUT2D eigenvalue weighted by molar-refractivity contribution is 7.07. The van der Waals surface area contributed by atoms with E-state index in [2.05, 4.69) is 36.3 Å². The summed E-state index contributed by atoms with van der Waals surface area (Å²) < 4.78 is 2.11. The molecule has 0 bridgehead atoms. The predicted molar refractivity (Wildman–Crippen MR) is 63.2 cm³/mol. The molecular formula is C11H10N4S. The molecule has 3 rings (SSSR count). The van der Waals surface area contributed by atoms with Crippen LogP contribution in [0.4, 0.5) is 0 Å². The van der Waals surface area contributed by atoms with E-state index in [1.165, 1.54) is 5.56 Å². The summed E-state index contributed by atoms with van der Waals surface area (Å²) in [4.78, 5) is 11.4. The molecule has 0 aliphatic rings. The van der Waals surface area contributed by atoms with Gasteiger partial charge in [-0.3, -0.25) is 0 Å². The average molecular weight is 230 g/mol. The summed E-state index contributed by atoms with van der Waals surface area (Å²) in [5.74, 6) is 0.920. The number of rotatable bonds is 3. The molecule has 0 fully saturated rings. The van der Waals surface area contributed by atoms with Gasteiger partial charge in [0.25, 0.3) is 0 Å². The summed E-state index contributed by atoms with van der Waals surface area (Å²) in [6, 6.07) is 2.13. The van der Waals surface area contributed by atoms with Crippen LogP contribution in [0.1, 0.15) is 5.56 Å². The topological polar surface area (TPSA) is 46.5 Å². The third kappa shape index (κ3) is 1.65. The van der Waals surface area contributed by atoms with Crippen LogP contribution >= 0.6 is 11.3 Å². The summed E-state index contributed by atoms with van der Waals surface area (Å²) in [5, 5.41) is 4.23. The first-order valence-corrected chi connectivity index (χ1v) is 5.89. The van der Waals surface area contributed by atoms with Crippen LogP contribution in [0.15, 0.2) is 41.7 Å². The first-order chi connectivity index (χ1) is 7.93. The number of thiophene rings is 1. The zero-order valence-electron chi connectivity index (χ0n) is 8.50. The fourth-order valence-corrected chi connectivity index (χ4v) is 2.30. The fourth-order valence-electron chi connectivity index (χ4n) is 1.64. The third-order valence-corrected chi connectivity index (χ3v) is 3.12. The van der Waals surface area contributed by atoms with Gasteiger partial charge in [0.1, 0.15) is 5.69 Å². The Kier molecular flexibility index (Phi) is 2.30. The van der Waals surface area contributed by atoms with Gasteiger partial charge >= 0.3 is 0 Å². The number of aromatic nitrogens is 4. The monoisotopic (exact) mass is 230 g/mol. The Balaban J connectivity index is 1.94. The maximum absolute atomic E-state index is 4.33. The van der Waals surface area contributed by atoms with Crippen molar-refractivity contribution < 1.29 is 0 Å². The Morgan fingerprint density at radius 3 is 3.19 bits per heavy atom. The van der Waals surface area contributed by atoms with Crippen molar-refractivity contribution in [3.63, 3.8) is 0 Å². The standard InChI is InChI=1S/C11H10N4S/c1-4-16-7-9(1)6-15-3-2-13-11(15)10-5-12-8-14-10/h1-5,7-8H,6H2,(H,12,14). The molecule has 1 N–H and O–H groups in total. The quantitative estimate of drug-likeness (QED) is 0.751. The zero-order chi connectivity index (χ0) is 10.8.